The smallest absolute Gasteiger partial charge is 0.329 e. The van der Waals surface area contributed by atoms with Gasteiger partial charge in [0.2, 0.25) is 5.91 Å². The molecule has 178 valence electrons. The second-order valence-corrected chi connectivity index (χ2v) is 9.14. The van der Waals surface area contributed by atoms with Crippen molar-refractivity contribution in [3.8, 4) is 5.75 Å². The van der Waals surface area contributed by atoms with Crippen molar-refractivity contribution in [3.63, 3.8) is 0 Å². The fraction of sp³-hybridized carbons (Fsp3) is 0.560. The van der Waals surface area contributed by atoms with Crippen LogP contribution < -0.4 is 4.74 Å². The number of methoxy groups -OCH3 is 1. The number of carbonyl (C=O) groups excluding carboxylic acids is 1. The molecule has 1 aromatic heterocycles. The van der Waals surface area contributed by atoms with Crippen LogP contribution in [0.15, 0.2) is 18.2 Å². The molecule has 1 aromatic carbocycles. The highest BCUT2D eigenvalue weighted by Gasteiger charge is 2.40. The molecule has 0 bridgehead atoms. The number of likely N-dealkylation sites (tertiary alicyclic amines) is 1. The van der Waals surface area contributed by atoms with E-state index < -0.39 is 18.7 Å². The molecule has 1 saturated heterocycles. The van der Waals surface area contributed by atoms with Crippen molar-refractivity contribution in [1.82, 2.24) is 14.7 Å². The van der Waals surface area contributed by atoms with Gasteiger partial charge in [0.1, 0.15) is 18.9 Å². The van der Waals surface area contributed by atoms with Crippen molar-refractivity contribution in [2.24, 2.45) is 0 Å². The minimum absolute atomic E-state index is 0.0424. The van der Waals surface area contributed by atoms with Crippen molar-refractivity contribution >= 4 is 11.9 Å². The lowest BCUT2D eigenvalue weighted by Crippen LogP contribution is -2.37. The molecule has 4 rings (SSSR count). The molecule has 8 heteroatoms. The topological polar surface area (TPSA) is 93.9 Å². The van der Waals surface area contributed by atoms with E-state index in [9.17, 15) is 9.59 Å². The molecule has 2 heterocycles. The van der Waals surface area contributed by atoms with Gasteiger partial charge in [-0.1, -0.05) is 19.1 Å². The largest absolute Gasteiger partial charge is 0.496 e. The standard InChI is InChI=1S/C25H33N3O5/c1-15-7-5-9-19-17(3)28(26-24(15)19)13-22(29)27-12-11-21(33-14-23(30)31)25(27)18-8-6-10-20(32-4)16(18)2/h6,8,10,15,21,25H,5,7,9,11-14H2,1-4H3,(H,30,31)/t15-,21+,25+/m0/s1. The van der Waals surface area contributed by atoms with Gasteiger partial charge in [0.25, 0.3) is 0 Å². The van der Waals surface area contributed by atoms with Crippen LogP contribution >= 0.6 is 0 Å². The Morgan fingerprint density at radius 3 is 2.73 bits per heavy atom. The van der Waals surface area contributed by atoms with Crippen LogP contribution in [0.5, 0.6) is 5.75 Å². The molecule has 1 fully saturated rings. The molecule has 1 amide bonds. The van der Waals surface area contributed by atoms with Gasteiger partial charge in [0.05, 0.1) is 24.9 Å². The maximum Gasteiger partial charge on any atom is 0.329 e. The maximum absolute atomic E-state index is 13.6. The van der Waals surface area contributed by atoms with E-state index in [1.807, 2.05) is 41.6 Å². The van der Waals surface area contributed by atoms with Crippen LogP contribution in [-0.4, -0.2) is 58.0 Å². The molecular formula is C25H33N3O5. The summed E-state index contributed by atoms with van der Waals surface area (Å²) in [5, 5.41) is 13.9. The van der Waals surface area contributed by atoms with E-state index in [0.29, 0.717) is 18.9 Å². The number of aromatic nitrogens is 2. The van der Waals surface area contributed by atoms with E-state index in [0.717, 1.165) is 47.5 Å². The first-order valence-electron chi connectivity index (χ1n) is 11.6. The Morgan fingerprint density at radius 1 is 1.24 bits per heavy atom. The number of hydrogen-bond donors (Lipinski definition) is 1. The van der Waals surface area contributed by atoms with E-state index in [2.05, 4.69) is 6.92 Å². The average Bonchev–Trinajstić information content (AvgIpc) is 3.35. The van der Waals surface area contributed by atoms with Gasteiger partial charge in [0, 0.05) is 18.2 Å². The van der Waals surface area contributed by atoms with Gasteiger partial charge >= 0.3 is 5.97 Å². The lowest BCUT2D eigenvalue weighted by molar-refractivity contribution is -0.145. The zero-order valence-electron chi connectivity index (χ0n) is 19.8. The van der Waals surface area contributed by atoms with Crippen LogP contribution in [0, 0.1) is 13.8 Å². The zero-order chi connectivity index (χ0) is 23.7. The number of ether oxygens (including phenoxy) is 2. The highest BCUT2D eigenvalue weighted by molar-refractivity contribution is 5.77. The number of benzene rings is 1. The number of carboxylic acids is 1. The fourth-order valence-corrected chi connectivity index (χ4v) is 5.34. The number of carboxylic acid groups (broad SMARTS) is 1. The van der Waals surface area contributed by atoms with Gasteiger partial charge in [-0.3, -0.25) is 9.48 Å². The van der Waals surface area contributed by atoms with Gasteiger partial charge in [-0.25, -0.2) is 4.79 Å². The molecule has 1 aliphatic carbocycles. The predicted molar refractivity (Wildman–Crippen MR) is 122 cm³/mol. The minimum atomic E-state index is -1.02. The van der Waals surface area contributed by atoms with E-state index >= 15 is 0 Å². The van der Waals surface area contributed by atoms with Gasteiger partial charge < -0.3 is 19.5 Å². The quantitative estimate of drug-likeness (QED) is 0.688. The normalized spacial score (nSPS) is 22.3. The SMILES string of the molecule is COc1cccc([C@@H]2[C@H](OCC(=O)O)CCN2C(=O)Cn2nc3c(c2C)CCC[C@@H]3C)c1C. The van der Waals surface area contributed by atoms with Gasteiger partial charge in [-0.05, 0) is 62.3 Å². The molecule has 2 aliphatic rings. The van der Waals surface area contributed by atoms with E-state index in [1.165, 1.54) is 5.56 Å². The molecule has 33 heavy (non-hydrogen) atoms. The second-order valence-electron chi connectivity index (χ2n) is 9.14. The van der Waals surface area contributed by atoms with Crippen molar-refractivity contribution in [1.29, 1.82) is 0 Å². The Morgan fingerprint density at radius 2 is 2.03 bits per heavy atom. The molecule has 0 unspecified atom stereocenters. The first-order chi connectivity index (χ1) is 15.8. The molecule has 1 aliphatic heterocycles. The lowest BCUT2D eigenvalue weighted by atomic mass is 9.88. The van der Waals surface area contributed by atoms with E-state index in [4.69, 9.17) is 19.7 Å². The van der Waals surface area contributed by atoms with Crippen LogP contribution in [0.2, 0.25) is 0 Å². The zero-order valence-corrected chi connectivity index (χ0v) is 19.8. The molecule has 8 nitrogen and oxygen atoms in total. The Balaban J connectivity index is 1.63. The third-order valence-electron chi connectivity index (χ3n) is 7.13. The Hall–Kier alpha value is -2.87. The summed E-state index contributed by atoms with van der Waals surface area (Å²) in [6, 6.07) is 5.36. The molecule has 2 aromatic rings. The van der Waals surface area contributed by atoms with Crippen molar-refractivity contribution in [2.45, 2.75) is 71.1 Å². The third-order valence-corrected chi connectivity index (χ3v) is 7.13. The number of aliphatic carboxylic acids is 1. The predicted octanol–water partition coefficient (Wildman–Crippen LogP) is 3.39. The summed E-state index contributed by atoms with van der Waals surface area (Å²) in [5.74, 6) is 0.0805. The lowest BCUT2D eigenvalue weighted by Gasteiger charge is -2.30. The molecule has 0 spiro atoms. The number of amides is 1. The molecule has 0 saturated carbocycles. The minimum Gasteiger partial charge on any atom is -0.496 e. The highest BCUT2D eigenvalue weighted by Crippen LogP contribution is 2.39. The summed E-state index contributed by atoms with van der Waals surface area (Å²) in [4.78, 5) is 26.5. The molecular weight excluding hydrogens is 422 g/mol. The number of carbonyl (C=O) groups is 2. The summed E-state index contributed by atoms with van der Waals surface area (Å²) < 4.78 is 13.1. The average molecular weight is 456 g/mol. The van der Waals surface area contributed by atoms with Crippen LogP contribution in [0.25, 0.3) is 0 Å². The third kappa shape index (κ3) is 4.49. The summed E-state index contributed by atoms with van der Waals surface area (Å²) in [5.41, 5.74) is 5.31. The molecule has 1 N–H and O–H groups in total. The van der Waals surface area contributed by atoms with E-state index in [1.54, 1.807) is 7.11 Å². The molecule has 0 radical (unpaired) electrons. The van der Waals surface area contributed by atoms with E-state index in [-0.39, 0.29) is 18.5 Å². The monoisotopic (exact) mass is 455 g/mol. The van der Waals surface area contributed by atoms with Crippen LogP contribution in [-0.2, 0) is 27.3 Å². The Bertz CT molecular complexity index is 1050. The maximum atomic E-state index is 13.6. The van der Waals surface area contributed by atoms with Crippen molar-refractivity contribution in [3.05, 3.63) is 46.3 Å². The number of rotatable bonds is 7. The van der Waals surface area contributed by atoms with Crippen LogP contribution in [0.1, 0.15) is 66.2 Å². The Labute approximate surface area is 194 Å². The first-order valence-corrected chi connectivity index (χ1v) is 11.6. The van der Waals surface area contributed by atoms with Crippen molar-refractivity contribution in [2.75, 3.05) is 20.3 Å². The van der Waals surface area contributed by atoms with Crippen LogP contribution in [0.3, 0.4) is 0 Å². The van der Waals surface area contributed by atoms with Gasteiger partial charge in [0.15, 0.2) is 0 Å². The van der Waals surface area contributed by atoms with Gasteiger partial charge in [-0.2, -0.15) is 5.10 Å². The van der Waals surface area contributed by atoms with Crippen molar-refractivity contribution < 1.29 is 24.2 Å². The summed E-state index contributed by atoms with van der Waals surface area (Å²) in [6.07, 6.45) is 3.47. The number of hydrogen-bond acceptors (Lipinski definition) is 5. The fourth-order valence-electron chi connectivity index (χ4n) is 5.34. The van der Waals surface area contributed by atoms with Crippen LogP contribution in [0.4, 0.5) is 0 Å². The summed E-state index contributed by atoms with van der Waals surface area (Å²) >= 11 is 0. The first kappa shape index (κ1) is 23.3. The second kappa shape index (κ2) is 9.55. The summed E-state index contributed by atoms with van der Waals surface area (Å²) in [6.45, 7) is 6.47. The summed E-state index contributed by atoms with van der Waals surface area (Å²) in [7, 11) is 1.62. The Kier molecular flexibility index (Phi) is 6.74. The highest BCUT2D eigenvalue weighted by atomic mass is 16.5. The number of fused-ring (bicyclic) bond motifs is 1. The van der Waals surface area contributed by atoms with Gasteiger partial charge in [-0.15, -0.1) is 0 Å². The molecule has 3 atom stereocenters. The number of nitrogens with zero attached hydrogens (tertiary/aromatic N) is 3.